The topological polar surface area (TPSA) is 84.7 Å². The van der Waals surface area contributed by atoms with E-state index in [1.807, 2.05) is 13.8 Å². The zero-order valence-electron chi connectivity index (χ0n) is 15.9. The average molecular weight is 385 g/mol. The number of benzene rings is 2. The quantitative estimate of drug-likeness (QED) is 0.800. The number of nitrogens with one attached hydrogen (secondary N) is 1. The number of halogens is 1. The molecule has 0 fully saturated rings. The lowest BCUT2D eigenvalue weighted by atomic mass is 9.96. The Labute approximate surface area is 163 Å². The molecule has 3 N–H and O–H groups in total. The van der Waals surface area contributed by atoms with Crippen LogP contribution in [-0.4, -0.2) is 31.0 Å². The molecule has 0 aromatic heterocycles. The Kier molecular flexibility index (Phi) is 5.94. The second kappa shape index (κ2) is 8.39. The molecular formula is C21H24FN3O3. The molecule has 1 aliphatic rings. The summed E-state index contributed by atoms with van der Waals surface area (Å²) in [6.07, 6.45) is -0.892. The molecular weight excluding hydrogens is 361 g/mol. The molecule has 0 radical (unpaired) electrons. The van der Waals surface area contributed by atoms with Gasteiger partial charge in [0.05, 0.1) is 18.8 Å². The molecule has 7 heteroatoms. The Balaban J connectivity index is 1.75. The minimum atomic E-state index is -0.892. The molecule has 148 valence electrons. The van der Waals surface area contributed by atoms with Crippen LogP contribution in [0, 0.1) is 11.7 Å². The molecule has 28 heavy (non-hydrogen) atoms. The fourth-order valence-corrected chi connectivity index (χ4v) is 3.32. The van der Waals surface area contributed by atoms with Gasteiger partial charge in [0, 0.05) is 6.04 Å². The van der Waals surface area contributed by atoms with Crippen LogP contribution < -0.4 is 20.7 Å². The van der Waals surface area contributed by atoms with E-state index in [1.165, 1.54) is 17.0 Å². The number of amides is 2. The summed E-state index contributed by atoms with van der Waals surface area (Å²) in [5.74, 6) is -0.482. The van der Waals surface area contributed by atoms with Crippen LogP contribution in [-0.2, 0) is 9.59 Å². The van der Waals surface area contributed by atoms with Crippen molar-refractivity contribution in [1.29, 1.82) is 0 Å². The van der Waals surface area contributed by atoms with E-state index in [9.17, 15) is 14.0 Å². The van der Waals surface area contributed by atoms with Crippen LogP contribution in [0.2, 0.25) is 0 Å². The average Bonchev–Trinajstić information content (AvgIpc) is 2.68. The molecule has 2 aromatic carbocycles. The molecule has 0 unspecified atom stereocenters. The smallest absolute Gasteiger partial charge is 0.260 e. The first-order valence-corrected chi connectivity index (χ1v) is 9.21. The van der Waals surface area contributed by atoms with Crippen LogP contribution in [0.5, 0.6) is 5.75 Å². The summed E-state index contributed by atoms with van der Waals surface area (Å²) in [5, 5.41) is 3.26. The number of fused-ring (bicyclic) bond motifs is 1. The first-order valence-electron chi connectivity index (χ1n) is 9.21. The fraction of sp³-hybridized carbons (Fsp3) is 0.333. The molecule has 6 nitrogen and oxygen atoms in total. The van der Waals surface area contributed by atoms with Crippen LogP contribution in [0.1, 0.15) is 25.5 Å². The van der Waals surface area contributed by atoms with Gasteiger partial charge >= 0.3 is 0 Å². The van der Waals surface area contributed by atoms with Gasteiger partial charge in [-0.1, -0.05) is 38.1 Å². The standard InChI is InChI=1S/C21H24FN3O3/c1-13(2)20(14-7-9-15(22)10-8-14)24-11-19(26)25-12-18(21(23)27)28-17-6-4-3-5-16(17)25/h3-10,13,18,20,24H,11-12H2,1-2H3,(H2,23,27)/t18-,20+/m0/s1. The molecule has 1 heterocycles. The Morgan fingerprint density at radius 2 is 1.89 bits per heavy atom. The van der Waals surface area contributed by atoms with Gasteiger partial charge in [-0.25, -0.2) is 4.39 Å². The summed E-state index contributed by atoms with van der Waals surface area (Å²) in [6.45, 7) is 4.17. The molecule has 2 amide bonds. The second-order valence-corrected chi connectivity index (χ2v) is 7.14. The SMILES string of the molecule is CC(C)[C@@H](NCC(=O)N1C[C@@H](C(N)=O)Oc2ccccc21)c1ccc(F)cc1. The molecule has 0 aliphatic carbocycles. The van der Waals surface area contributed by atoms with Crippen LogP contribution in [0.25, 0.3) is 0 Å². The van der Waals surface area contributed by atoms with E-state index in [2.05, 4.69) is 5.32 Å². The van der Waals surface area contributed by atoms with Gasteiger partial charge in [-0.2, -0.15) is 0 Å². The fourth-order valence-electron chi connectivity index (χ4n) is 3.32. The molecule has 2 aromatic rings. The molecule has 0 saturated heterocycles. The number of hydrogen-bond acceptors (Lipinski definition) is 4. The zero-order valence-corrected chi connectivity index (χ0v) is 15.9. The number of para-hydroxylation sites is 2. The number of carbonyl (C=O) groups excluding carboxylic acids is 2. The predicted octanol–water partition coefficient (Wildman–Crippen LogP) is 2.39. The van der Waals surface area contributed by atoms with Crippen molar-refractivity contribution < 1.29 is 18.7 Å². The van der Waals surface area contributed by atoms with Crippen molar-refractivity contribution in [1.82, 2.24) is 5.32 Å². The van der Waals surface area contributed by atoms with Gasteiger partial charge in [-0.05, 0) is 35.7 Å². The first kappa shape index (κ1) is 19.8. The molecule has 0 spiro atoms. The number of nitrogens with zero attached hydrogens (tertiary/aromatic N) is 1. The van der Waals surface area contributed by atoms with Crippen LogP contribution in [0.15, 0.2) is 48.5 Å². The lowest BCUT2D eigenvalue weighted by Gasteiger charge is -2.34. The Morgan fingerprint density at radius 3 is 2.54 bits per heavy atom. The predicted molar refractivity (Wildman–Crippen MR) is 104 cm³/mol. The minimum Gasteiger partial charge on any atom is -0.477 e. The highest BCUT2D eigenvalue weighted by atomic mass is 19.1. The number of anilines is 1. The van der Waals surface area contributed by atoms with Crippen molar-refractivity contribution in [2.45, 2.75) is 26.0 Å². The van der Waals surface area contributed by atoms with Crippen molar-refractivity contribution in [2.75, 3.05) is 18.0 Å². The van der Waals surface area contributed by atoms with E-state index in [-0.39, 0.29) is 36.8 Å². The van der Waals surface area contributed by atoms with E-state index in [0.29, 0.717) is 11.4 Å². The summed E-state index contributed by atoms with van der Waals surface area (Å²) >= 11 is 0. The van der Waals surface area contributed by atoms with Crippen LogP contribution in [0.4, 0.5) is 10.1 Å². The Bertz CT molecular complexity index is 854. The van der Waals surface area contributed by atoms with Crippen molar-refractivity contribution in [2.24, 2.45) is 11.7 Å². The third-order valence-corrected chi connectivity index (χ3v) is 4.76. The molecule has 2 atom stereocenters. The second-order valence-electron chi connectivity index (χ2n) is 7.14. The van der Waals surface area contributed by atoms with Crippen LogP contribution in [0.3, 0.4) is 0 Å². The number of ether oxygens (including phenoxy) is 1. The number of rotatable bonds is 6. The summed E-state index contributed by atoms with van der Waals surface area (Å²) < 4.78 is 18.8. The van der Waals surface area contributed by atoms with E-state index in [0.717, 1.165) is 5.56 Å². The highest BCUT2D eigenvalue weighted by molar-refractivity contribution is 5.98. The highest BCUT2D eigenvalue weighted by Crippen LogP contribution is 2.33. The van der Waals surface area contributed by atoms with Gasteiger partial charge in [-0.15, -0.1) is 0 Å². The highest BCUT2D eigenvalue weighted by Gasteiger charge is 2.32. The number of carbonyl (C=O) groups is 2. The summed E-state index contributed by atoms with van der Waals surface area (Å²) in [7, 11) is 0. The number of primary amides is 1. The molecule has 1 aliphatic heterocycles. The maximum atomic E-state index is 13.2. The summed E-state index contributed by atoms with van der Waals surface area (Å²) in [5.41, 5.74) is 6.90. The van der Waals surface area contributed by atoms with Gasteiger partial charge in [0.15, 0.2) is 6.10 Å². The third-order valence-electron chi connectivity index (χ3n) is 4.76. The van der Waals surface area contributed by atoms with Gasteiger partial charge in [0.2, 0.25) is 5.91 Å². The maximum absolute atomic E-state index is 13.2. The number of hydrogen-bond donors (Lipinski definition) is 2. The van der Waals surface area contributed by atoms with E-state index < -0.39 is 12.0 Å². The first-order chi connectivity index (χ1) is 13.4. The Hall–Kier alpha value is -2.93. The minimum absolute atomic E-state index is 0.0556. The van der Waals surface area contributed by atoms with E-state index >= 15 is 0 Å². The molecule has 3 rings (SSSR count). The molecule has 0 saturated carbocycles. The normalized spacial score (nSPS) is 17.0. The summed E-state index contributed by atoms with van der Waals surface area (Å²) in [4.78, 5) is 26.1. The third kappa shape index (κ3) is 4.31. The van der Waals surface area contributed by atoms with Crippen molar-refractivity contribution in [3.05, 3.63) is 59.9 Å². The number of nitrogens with two attached hydrogens (primary N) is 1. The van der Waals surface area contributed by atoms with Crippen molar-refractivity contribution in [3.8, 4) is 5.75 Å². The van der Waals surface area contributed by atoms with Crippen molar-refractivity contribution in [3.63, 3.8) is 0 Å². The maximum Gasteiger partial charge on any atom is 0.260 e. The van der Waals surface area contributed by atoms with E-state index in [4.69, 9.17) is 10.5 Å². The van der Waals surface area contributed by atoms with Crippen molar-refractivity contribution >= 4 is 17.5 Å². The van der Waals surface area contributed by atoms with Gasteiger partial charge in [0.1, 0.15) is 11.6 Å². The lowest BCUT2D eigenvalue weighted by molar-refractivity contribution is -0.125. The van der Waals surface area contributed by atoms with E-state index in [1.54, 1.807) is 36.4 Å². The largest absolute Gasteiger partial charge is 0.477 e. The van der Waals surface area contributed by atoms with Gasteiger partial charge < -0.3 is 20.7 Å². The Morgan fingerprint density at radius 1 is 1.21 bits per heavy atom. The van der Waals surface area contributed by atoms with Gasteiger partial charge in [-0.3, -0.25) is 9.59 Å². The monoisotopic (exact) mass is 385 g/mol. The summed E-state index contributed by atoms with van der Waals surface area (Å²) in [6, 6.07) is 13.2. The zero-order chi connectivity index (χ0) is 20.3. The van der Waals surface area contributed by atoms with Gasteiger partial charge in [0.25, 0.3) is 5.91 Å². The van der Waals surface area contributed by atoms with Crippen LogP contribution >= 0.6 is 0 Å². The lowest BCUT2D eigenvalue weighted by Crippen LogP contribution is -2.51. The molecule has 0 bridgehead atoms.